The van der Waals surface area contributed by atoms with Crippen molar-refractivity contribution in [3.8, 4) is 23.0 Å². The number of carbonyl (C=O) groups excluding carboxylic acids is 1. The minimum absolute atomic E-state index is 0.0255. The molecule has 1 fully saturated rings. The largest absolute Gasteiger partial charge is 0.508 e. The number of hydrogen-bond acceptors (Lipinski definition) is 13. The van der Waals surface area contributed by atoms with Gasteiger partial charge in [0.25, 0.3) is 0 Å². The van der Waals surface area contributed by atoms with Gasteiger partial charge in [0.1, 0.15) is 53.5 Å². The van der Waals surface area contributed by atoms with E-state index in [1.54, 1.807) is 12.1 Å². The fourth-order valence-electron chi connectivity index (χ4n) is 4.84. The highest BCUT2D eigenvalue weighted by atomic mass is 16.7. The molecule has 248 valence electrons. The summed E-state index contributed by atoms with van der Waals surface area (Å²) in [7, 11) is 0. The Kier molecular flexibility index (Phi) is 11.5. The lowest BCUT2D eigenvalue weighted by atomic mass is 9.98. The Hall–Kier alpha value is -4.74. The van der Waals surface area contributed by atoms with Crippen LogP contribution in [-0.4, -0.2) is 118 Å². The second-order valence-electron chi connectivity index (χ2n) is 10.6. The monoisotopic (exact) mass is 644 g/mol. The zero-order valence-corrected chi connectivity index (χ0v) is 24.4. The number of aliphatic carboxylic acids is 1. The molecular formula is C30H36N4O12. The van der Waals surface area contributed by atoms with Gasteiger partial charge < -0.3 is 60.6 Å². The van der Waals surface area contributed by atoms with Gasteiger partial charge in [-0.05, 0) is 30.5 Å². The number of carboxylic acid groups (broad SMARTS) is 1. The summed E-state index contributed by atoms with van der Waals surface area (Å²) in [5.41, 5.74) is 1.43. The number of nitrogens with zero attached hydrogens (tertiary/aromatic N) is 2. The van der Waals surface area contributed by atoms with E-state index in [0.29, 0.717) is 12.1 Å². The third-order valence-electron chi connectivity index (χ3n) is 7.29. The Balaban J connectivity index is 1.59. The SMILES string of the molecule is O=C(CCN=C(CCc1ccc(O)cc1)c1c(O)cc(O)cc1O[C@H]1O[C@@H](CO)[C@H](O)[C@@H](O)[C@@H]1O)N[C@@H](Cc1cnc[nH]1)C(=O)O. The van der Waals surface area contributed by atoms with Crippen molar-refractivity contribution in [2.24, 2.45) is 4.99 Å². The van der Waals surface area contributed by atoms with Crippen molar-refractivity contribution in [1.82, 2.24) is 15.3 Å². The Morgan fingerprint density at radius 2 is 1.76 bits per heavy atom. The Labute approximate surface area is 262 Å². The van der Waals surface area contributed by atoms with Gasteiger partial charge in [0, 0.05) is 49.1 Å². The number of aliphatic hydroxyl groups excluding tert-OH is 4. The number of rotatable bonds is 14. The number of carboxylic acids is 1. The Bertz CT molecular complexity index is 1500. The summed E-state index contributed by atoms with van der Waals surface area (Å²) in [4.78, 5) is 35.5. The number of nitrogens with one attached hydrogen (secondary N) is 2. The molecule has 6 atom stereocenters. The maximum atomic E-state index is 12.7. The van der Waals surface area contributed by atoms with Crippen molar-refractivity contribution in [2.75, 3.05) is 13.2 Å². The van der Waals surface area contributed by atoms with Crippen LogP contribution in [0.1, 0.15) is 29.7 Å². The Morgan fingerprint density at radius 1 is 1.02 bits per heavy atom. The summed E-state index contributed by atoms with van der Waals surface area (Å²) in [6.45, 7) is -0.873. The van der Waals surface area contributed by atoms with Crippen LogP contribution in [0.3, 0.4) is 0 Å². The van der Waals surface area contributed by atoms with E-state index in [-0.39, 0.29) is 48.6 Å². The number of ether oxygens (including phenoxy) is 2. The van der Waals surface area contributed by atoms with E-state index in [2.05, 4.69) is 20.3 Å². The summed E-state index contributed by atoms with van der Waals surface area (Å²) in [6, 6.07) is 7.22. The first-order valence-electron chi connectivity index (χ1n) is 14.3. The van der Waals surface area contributed by atoms with Gasteiger partial charge in [0.2, 0.25) is 12.2 Å². The van der Waals surface area contributed by atoms with Crippen molar-refractivity contribution in [1.29, 1.82) is 0 Å². The van der Waals surface area contributed by atoms with Crippen LogP contribution in [-0.2, 0) is 27.2 Å². The summed E-state index contributed by atoms with van der Waals surface area (Å²) >= 11 is 0. The molecule has 3 aromatic rings. The zero-order chi connectivity index (χ0) is 33.4. The molecule has 0 spiro atoms. The molecule has 0 radical (unpaired) electrons. The summed E-state index contributed by atoms with van der Waals surface area (Å²) < 4.78 is 11.2. The zero-order valence-electron chi connectivity index (χ0n) is 24.4. The fourth-order valence-corrected chi connectivity index (χ4v) is 4.84. The molecule has 4 rings (SSSR count). The summed E-state index contributed by atoms with van der Waals surface area (Å²) in [5.74, 6) is -2.95. The predicted octanol–water partition coefficient (Wildman–Crippen LogP) is -0.671. The number of phenols is 3. The molecule has 10 N–H and O–H groups in total. The van der Waals surface area contributed by atoms with Gasteiger partial charge in [0.05, 0.1) is 18.5 Å². The third kappa shape index (κ3) is 8.70. The van der Waals surface area contributed by atoms with Gasteiger partial charge in [-0.2, -0.15) is 0 Å². The lowest BCUT2D eigenvalue weighted by molar-refractivity contribution is -0.277. The summed E-state index contributed by atoms with van der Waals surface area (Å²) in [5, 5.41) is 83.2. The van der Waals surface area contributed by atoms with E-state index < -0.39 is 66.7 Å². The third-order valence-corrected chi connectivity index (χ3v) is 7.29. The van der Waals surface area contributed by atoms with Crippen LogP contribution in [0.5, 0.6) is 23.0 Å². The molecule has 16 heteroatoms. The highest BCUT2D eigenvalue weighted by Gasteiger charge is 2.45. The number of H-pyrrole nitrogens is 1. The molecule has 0 bridgehead atoms. The maximum absolute atomic E-state index is 12.7. The van der Waals surface area contributed by atoms with Gasteiger partial charge >= 0.3 is 5.97 Å². The van der Waals surface area contributed by atoms with E-state index in [1.807, 2.05) is 0 Å². The van der Waals surface area contributed by atoms with Gasteiger partial charge in [-0.3, -0.25) is 9.79 Å². The second-order valence-corrected chi connectivity index (χ2v) is 10.6. The van der Waals surface area contributed by atoms with Crippen molar-refractivity contribution >= 4 is 17.6 Å². The quantitative estimate of drug-likeness (QED) is 0.0977. The average molecular weight is 645 g/mol. The molecule has 46 heavy (non-hydrogen) atoms. The number of benzene rings is 2. The maximum Gasteiger partial charge on any atom is 0.326 e. The number of hydrogen-bond donors (Lipinski definition) is 10. The normalized spacial score (nSPS) is 22.3. The molecule has 1 aromatic heterocycles. The number of phenolic OH excluding ortho intramolecular Hbond substituents is 3. The van der Waals surface area contributed by atoms with Crippen LogP contribution in [0.25, 0.3) is 0 Å². The van der Waals surface area contributed by atoms with Crippen molar-refractivity contribution in [2.45, 2.75) is 62.4 Å². The number of aromatic amines is 1. The smallest absolute Gasteiger partial charge is 0.326 e. The minimum atomic E-state index is -1.79. The number of aromatic hydroxyl groups is 3. The number of amides is 1. The lowest BCUT2D eigenvalue weighted by Gasteiger charge is -2.39. The van der Waals surface area contributed by atoms with Crippen LogP contribution in [0, 0.1) is 0 Å². The second kappa shape index (κ2) is 15.5. The van der Waals surface area contributed by atoms with Crippen molar-refractivity contribution < 1.29 is 59.9 Å². The molecule has 2 heterocycles. The molecule has 1 amide bonds. The average Bonchev–Trinajstić information content (AvgIpc) is 3.53. The molecule has 1 aliphatic rings. The van der Waals surface area contributed by atoms with E-state index in [1.165, 1.54) is 24.7 Å². The molecule has 0 aliphatic carbocycles. The number of aliphatic hydroxyl groups is 4. The lowest BCUT2D eigenvalue weighted by Crippen LogP contribution is -2.60. The molecule has 16 nitrogen and oxygen atoms in total. The molecule has 2 aromatic carbocycles. The van der Waals surface area contributed by atoms with Crippen LogP contribution in [0.4, 0.5) is 0 Å². The fraction of sp³-hybridized carbons (Fsp3) is 0.400. The van der Waals surface area contributed by atoms with Crippen LogP contribution >= 0.6 is 0 Å². The number of aryl methyl sites for hydroxylation is 1. The molecule has 0 unspecified atom stereocenters. The topological polar surface area (TPSA) is 268 Å². The predicted molar refractivity (Wildman–Crippen MR) is 158 cm³/mol. The van der Waals surface area contributed by atoms with Gasteiger partial charge in [0.15, 0.2) is 0 Å². The molecule has 0 saturated carbocycles. The van der Waals surface area contributed by atoms with Crippen LogP contribution in [0.2, 0.25) is 0 Å². The van der Waals surface area contributed by atoms with Crippen molar-refractivity contribution in [3.63, 3.8) is 0 Å². The number of aliphatic imine (C=N–C) groups is 1. The minimum Gasteiger partial charge on any atom is -0.508 e. The standard InChI is InChI=1S/C30H36N4O12/c35-13-23-26(40)27(41)28(42)30(46-23)45-22-11-18(37)10-21(38)25(22)19(6-3-15-1-4-17(36)5-2-15)32-8-7-24(39)34-20(29(43)44)9-16-12-31-14-33-16/h1-2,4-5,10-12,14,20,23,26-28,30,35-38,40-42H,3,6-9,13H2,(H,31,33)(H,34,39)(H,43,44)/t20-,23-,26-,27+,28-,30-/m0/s1. The van der Waals surface area contributed by atoms with Crippen LogP contribution in [0.15, 0.2) is 53.9 Å². The number of imidazole rings is 1. The number of aromatic nitrogens is 2. The first kappa shape index (κ1) is 34.1. The number of carbonyl (C=O) groups is 2. The molecular weight excluding hydrogens is 608 g/mol. The molecule has 1 saturated heterocycles. The molecule has 1 aliphatic heterocycles. The van der Waals surface area contributed by atoms with E-state index in [4.69, 9.17) is 9.47 Å². The van der Waals surface area contributed by atoms with Crippen LogP contribution < -0.4 is 10.1 Å². The van der Waals surface area contributed by atoms with E-state index >= 15 is 0 Å². The van der Waals surface area contributed by atoms with Gasteiger partial charge in [-0.15, -0.1) is 0 Å². The first-order valence-corrected chi connectivity index (χ1v) is 14.3. The van der Waals surface area contributed by atoms with Crippen molar-refractivity contribution in [3.05, 3.63) is 65.7 Å². The highest BCUT2D eigenvalue weighted by molar-refractivity contribution is 6.05. The summed E-state index contributed by atoms with van der Waals surface area (Å²) in [6.07, 6.45) is -5.10. The van der Waals surface area contributed by atoms with Gasteiger partial charge in [-0.25, -0.2) is 9.78 Å². The van der Waals surface area contributed by atoms with Gasteiger partial charge in [-0.1, -0.05) is 12.1 Å². The Morgan fingerprint density at radius 3 is 2.41 bits per heavy atom. The first-order chi connectivity index (χ1) is 22.0. The van der Waals surface area contributed by atoms with E-state index in [0.717, 1.165) is 17.7 Å². The van der Waals surface area contributed by atoms with E-state index in [9.17, 15) is 50.4 Å². The highest BCUT2D eigenvalue weighted by Crippen LogP contribution is 2.37.